The van der Waals surface area contributed by atoms with Crippen molar-refractivity contribution in [3.8, 4) is 0 Å². The summed E-state index contributed by atoms with van der Waals surface area (Å²) < 4.78 is 4.89. The Morgan fingerprint density at radius 1 is 1.33 bits per heavy atom. The highest BCUT2D eigenvalue weighted by Crippen LogP contribution is 2.49. The van der Waals surface area contributed by atoms with Gasteiger partial charge in [0.15, 0.2) is 0 Å². The van der Waals surface area contributed by atoms with Crippen molar-refractivity contribution >= 4 is 11.8 Å². The first-order chi connectivity index (χ1) is 10.2. The van der Waals surface area contributed by atoms with Gasteiger partial charge in [-0.15, -0.1) is 0 Å². The molecule has 5 heteroatoms. The zero-order chi connectivity index (χ0) is 14.9. The van der Waals surface area contributed by atoms with Crippen LogP contribution in [0.15, 0.2) is 30.3 Å². The Morgan fingerprint density at radius 2 is 2.00 bits per heavy atom. The maximum atomic E-state index is 12.2. The summed E-state index contributed by atoms with van der Waals surface area (Å²) in [6, 6.07) is 10.1. The molecule has 1 aromatic carbocycles. The smallest absolute Gasteiger partial charge is 0.248 e. The van der Waals surface area contributed by atoms with Crippen molar-refractivity contribution < 1.29 is 14.3 Å². The van der Waals surface area contributed by atoms with E-state index in [0.29, 0.717) is 25.9 Å². The molecule has 112 valence electrons. The van der Waals surface area contributed by atoms with Gasteiger partial charge in [0.1, 0.15) is 6.61 Å². The minimum Gasteiger partial charge on any atom is -0.375 e. The standard InChI is InChI=1S/C16H20N2O3/c1-21-11-13(19)18-9-7-16(8-10-18)14(17-15(16)20)12-5-3-2-4-6-12/h2-6,14H,7-11H2,1H3,(H,17,20). The van der Waals surface area contributed by atoms with Crippen LogP contribution in [0.5, 0.6) is 0 Å². The summed E-state index contributed by atoms with van der Waals surface area (Å²) in [6.45, 7) is 1.36. The highest BCUT2D eigenvalue weighted by molar-refractivity contribution is 5.91. The fourth-order valence-electron chi connectivity index (χ4n) is 3.40. The fourth-order valence-corrected chi connectivity index (χ4v) is 3.40. The number of hydrogen-bond donors (Lipinski definition) is 1. The molecule has 21 heavy (non-hydrogen) atoms. The summed E-state index contributed by atoms with van der Waals surface area (Å²) in [7, 11) is 1.52. The van der Waals surface area contributed by atoms with Crippen molar-refractivity contribution in [1.29, 1.82) is 0 Å². The monoisotopic (exact) mass is 288 g/mol. The van der Waals surface area contributed by atoms with Gasteiger partial charge in [-0.3, -0.25) is 9.59 Å². The Hall–Kier alpha value is -1.88. The molecule has 2 aliphatic heterocycles. The van der Waals surface area contributed by atoms with Gasteiger partial charge >= 0.3 is 0 Å². The SMILES string of the molecule is COCC(=O)N1CCC2(CC1)C(=O)NC2c1ccccc1. The third kappa shape index (κ3) is 2.31. The Balaban J connectivity index is 1.71. The van der Waals surface area contributed by atoms with E-state index in [0.717, 1.165) is 5.56 Å². The van der Waals surface area contributed by atoms with Crippen molar-refractivity contribution in [2.24, 2.45) is 5.41 Å². The van der Waals surface area contributed by atoms with Gasteiger partial charge < -0.3 is 15.0 Å². The molecule has 3 rings (SSSR count). The largest absolute Gasteiger partial charge is 0.375 e. The Morgan fingerprint density at radius 3 is 2.57 bits per heavy atom. The van der Waals surface area contributed by atoms with Gasteiger partial charge in [0.2, 0.25) is 11.8 Å². The molecule has 0 aliphatic carbocycles. The van der Waals surface area contributed by atoms with Crippen molar-refractivity contribution in [2.45, 2.75) is 18.9 Å². The quantitative estimate of drug-likeness (QED) is 0.848. The summed E-state index contributed by atoms with van der Waals surface area (Å²) in [5, 5.41) is 3.02. The van der Waals surface area contributed by atoms with Crippen LogP contribution in [0.2, 0.25) is 0 Å². The minimum atomic E-state index is -0.342. The van der Waals surface area contributed by atoms with Crippen LogP contribution in [0.4, 0.5) is 0 Å². The second kappa shape index (κ2) is 5.48. The lowest BCUT2D eigenvalue weighted by Crippen LogP contribution is -2.65. The number of carbonyl (C=O) groups is 2. The van der Waals surface area contributed by atoms with E-state index < -0.39 is 0 Å². The van der Waals surface area contributed by atoms with E-state index in [9.17, 15) is 9.59 Å². The van der Waals surface area contributed by atoms with Gasteiger partial charge in [-0.1, -0.05) is 30.3 Å². The topological polar surface area (TPSA) is 58.6 Å². The number of hydrogen-bond acceptors (Lipinski definition) is 3. The number of likely N-dealkylation sites (tertiary alicyclic amines) is 1. The van der Waals surface area contributed by atoms with Crippen LogP contribution < -0.4 is 5.32 Å². The van der Waals surface area contributed by atoms with Crippen molar-refractivity contribution in [2.75, 3.05) is 26.8 Å². The molecule has 1 N–H and O–H groups in total. The van der Waals surface area contributed by atoms with Gasteiger partial charge in [0.25, 0.3) is 0 Å². The van der Waals surface area contributed by atoms with Crippen molar-refractivity contribution in [3.63, 3.8) is 0 Å². The predicted molar refractivity (Wildman–Crippen MR) is 77.4 cm³/mol. The van der Waals surface area contributed by atoms with E-state index in [1.54, 1.807) is 4.90 Å². The molecule has 1 spiro atoms. The molecular weight excluding hydrogens is 268 g/mol. The third-order valence-electron chi connectivity index (χ3n) is 4.69. The first-order valence-electron chi connectivity index (χ1n) is 7.30. The first kappa shape index (κ1) is 14.1. The molecule has 1 unspecified atom stereocenters. The van der Waals surface area contributed by atoms with Gasteiger partial charge in [0, 0.05) is 20.2 Å². The van der Waals surface area contributed by atoms with Gasteiger partial charge in [-0.2, -0.15) is 0 Å². The third-order valence-corrected chi connectivity index (χ3v) is 4.69. The summed E-state index contributed by atoms with van der Waals surface area (Å²) in [5.41, 5.74) is 0.805. The summed E-state index contributed by atoms with van der Waals surface area (Å²) in [4.78, 5) is 25.8. The highest BCUT2D eigenvalue weighted by Gasteiger charge is 2.56. The van der Waals surface area contributed by atoms with Gasteiger partial charge in [0.05, 0.1) is 11.5 Å². The van der Waals surface area contributed by atoms with Crippen LogP contribution in [0.1, 0.15) is 24.4 Å². The Labute approximate surface area is 124 Å². The van der Waals surface area contributed by atoms with Crippen molar-refractivity contribution in [3.05, 3.63) is 35.9 Å². The van der Waals surface area contributed by atoms with E-state index in [4.69, 9.17) is 4.74 Å². The maximum absolute atomic E-state index is 12.2. The number of rotatable bonds is 3. The highest BCUT2D eigenvalue weighted by atomic mass is 16.5. The molecule has 2 amide bonds. The number of benzene rings is 1. The molecule has 0 aromatic heterocycles. The van der Waals surface area contributed by atoms with Crippen LogP contribution in [0.25, 0.3) is 0 Å². The number of nitrogens with one attached hydrogen (secondary N) is 1. The average Bonchev–Trinajstić information content (AvgIpc) is 2.53. The summed E-state index contributed by atoms with van der Waals surface area (Å²) in [6.07, 6.45) is 1.43. The second-order valence-electron chi connectivity index (χ2n) is 5.79. The lowest BCUT2D eigenvalue weighted by atomic mass is 9.64. The lowest BCUT2D eigenvalue weighted by molar-refractivity contribution is -0.155. The van der Waals surface area contributed by atoms with Crippen LogP contribution in [-0.2, 0) is 14.3 Å². The van der Waals surface area contributed by atoms with Gasteiger partial charge in [-0.05, 0) is 18.4 Å². The maximum Gasteiger partial charge on any atom is 0.248 e. The number of nitrogens with zero attached hydrogens (tertiary/aromatic N) is 1. The zero-order valence-electron chi connectivity index (χ0n) is 12.2. The number of piperidine rings is 1. The van der Waals surface area contributed by atoms with Crippen LogP contribution >= 0.6 is 0 Å². The van der Waals surface area contributed by atoms with Gasteiger partial charge in [-0.25, -0.2) is 0 Å². The summed E-state index contributed by atoms with van der Waals surface area (Å²) in [5.74, 6) is 0.124. The van der Waals surface area contributed by atoms with E-state index >= 15 is 0 Å². The van der Waals surface area contributed by atoms with Crippen LogP contribution in [0.3, 0.4) is 0 Å². The molecule has 1 aromatic rings. The molecule has 5 nitrogen and oxygen atoms in total. The average molecular weight is 288 g/mol. The number of methoxy groups -OCH3 is 1. The minimum absolute atomic E-state index is 0.00310. The molecule has 1 atom stereocenters. The molecule has 2 aliphatic rings. The number of β-lactam (4-membered cyclic amide) rings is 1. The van der Waals surface area contributed by atoms with E-state index in [2.05, 4.69) is 5.32 Å². The van der Waals surface area contributed by atoms with E-state index in [1.807, 2.05) is 30.3 Å². The van der Waals surface area contributed by atoms with E-state index in [1.165, 1.54) is 7.11 Å². The van der Waals surface area contributed by atoms with E-state index in [-0.39, 0.29) is 29.9 Å². The molecule has 0 radical (unpaired) electrons. The number of carbonyl (C=O) groups excluding carboxylic acids is 2. The molecular formula is C16H20N2O3. The van der Waals surface area contributed by atoms with Crippen LogP contribution in [0, 0.1) is 5.41 Å². The summed E-state index contributed by atoms with van der Waals surface area (Å²) >= 11 is 0. The zero-order valence-corrected chi connectivity index (χ0v) is 12.2. The van der Waals surface area contributed by atoms with Crippen LogP contribution in [-0.4, -0.2) is 43.5 Å². The van der Waals surface area contributed by atoms with Crippen molar-refractivity contribution in [1.82, 2.24) is 10.2 Å². The Kier molecular flexibility index (Phi) is 3.68. The number of ether oxygens (including phenoxy) is 1. The molecule has 0 bridgehead atoms. The first-order valence-corrected chi connectivity index (χ1v) is 7.30. The second-order valence-corrected chi connectivity index (χ2v) is 5.79. The normalized spacial score (nSPS) is 23.6. The molecule has 2 saturated heterocycles. The fraction of sp³-hybridized carbons (Fsp3) is 0.500. The molecule has 2 fully saturated rings. The Bertz CT molecular complexity index is 536. The predicted octanol–water partition coefficient (Wildman–Crippen LogP) is 1.11. The molecule has 0 saturated carbocycles. The lowest BCUT2D eigenvalue weighted by Gasteiger charge is -2.52. The number of amides is 2. The molecule has 2 heterocycles.